The Morgan fingerprint density at radius 2 is 2.28 bits per heavy atom. The van der Waals surface area contributed by atoms with Crippen molar-refractivity contribution in [1.29, 1.82) is 0 Å². The predicted molar refractivity (Wildman–Crippen MR) is 82.1 cm³/mol. The van der Waals surface area contributed by atoms with Crippen LogP contribution in [0, 0.1) is 0 Å². The minimum Gasteiger partial charge on any atom is -0.392 e. The molecule has 1 amide bonds. The topological polar surface area (TPSA) is 55.1 Å². The molecular weight excluding hydrogens is 336 g/mol. The summed E-state index contributed by atoms with van der Waals surface area (Å²) in [5.74, 6) is -0.226. The molecule has 3 N–H and O–H groups in total. The first kappa shape index (κ1) is 15.4. The number of thiocarbonyl (C=S) groups is 1. The molecule has 1 unspecified atom stereocenters. The van der Waals surface area contributed by atoms with Crippen molar-refractivity contribution < 1.29 is 4.79 Å². The average Bonchev–Trinajstić information content (AvgIpc) is 2.31. The number of carbonyl (C=O) groups excluding carboxylic acids is 1. The molecule has 0 fully saturated rings. The second kappa shape index (κ2) is 7.07. The number of nitrogens with one attached hydrogen (secondary N) is 1. The van der Waals surface area contributed by atoms with Gasteiger partial charge in [0.15, 0.2) is 0 Å². The van der Waals surface area contributed by atoms with Crippen LogP contribution in [-0.4, -0.2) is 16.9 Å². The number of rotatable bonds is 5. The van der Waals surface area contributed by atoms with E-state index >= 15 is 0 Å². The van der Waals surface area contributed by atoms with Crippen molar-refractivity contribution >= 4 is 50.6 Å². The van der Waals surface area contributed by atoms with Crippen molar-refractivity contribution in [2.24, 2.45) is 5.73 Å². The number of hydrogen-bond acceptors (Lipinski definition) is 2. The third-order valence-corrected chi connectivity index (χ3v) is 3.92. The summed E-state index contributed by atoms with van der Waals surface area (Å²) < 4.78 is 0.750. The van der Waals surface area contributed by atoms with Crippen LogP contribution in [0.2, 0.25) is 5.02 Å². The van der Waals surface area contributed by atoms with Crippen LogP contribution in [0.3, 0.4) is 0 Å². The van der Waals surface area contributed by atoms with Gasteiger partial charge in [-0.1, -0.05) is 37.2 Å². The van der Waals surface area contributed by atoms with Crippen molar-refractivity contribution in [3.05, 3.63) is 33.3 Å². The number of nitrogens with two attached hydrogens (primary N) is 1. The molecule has 18 heavy (non-hydrogen) atoms. The lowest BCUT2D eigenvalue weighted by Gasteiger charge is -2.16. The Balaban J connectivity index is 2.80. The average molecular weight is 350 g/mol. The molecule has 6 heteroatoms. The van der Waals surface area contributed by atoms with Crippen LogP contribution < -0.4 is 11.1 Å². The number of amides is 1. The SMILES string of the molecule is CCCC(NC(=O)c1ccc(Br)c(Cl)c1)C(N)=S. The van der Waals surface area contributed by atoms with E-state index < -0.39 is 0 Å². The Kier molecular flexibility index (Phi) is 6.05. The van der Waals surface area contributed by atoms with Crippen LogP contribution in [0.25, 0.3) is 0 Å². The quantitative estimate of drug-likeness (QED) is 0.802. The highest BCUT2D eigenvalue weighted by Crippen LogP contribution is 2.23. The molecular formula is C12H14BrClN2OS. The van der Waals surface area contributed by atoms with Gasteiger partial charge in [-0.15, -0.1) is 0 Å². The van der Waals surface area contributed by atoms with Gasteiger partial charge in [-0.2, -0.15) is 0 Å². The molecule has 0 bridgehead atoms. The van der Waals surface area contributed by atoms with Crippen LogP contribution in [0.5, 0.6) is 0 Å². The van der Waals surface area contributed by atoms with Crippen LogP contribution in [0.4, 0.5) is 0 Å². The summed E-state index contributed by atoms with van der Waals surface area (Å²) in [6, 6.07) is 4.74. The van der Waals surface area contributed by atoms with E-state index in [0.29, 0.717) is 15.6 Å². The maximum atomic E-state index is 12.0. The van der Waals surface area contributed by atoms with Gasteiger partial charge < -0.3 is 11.1 Å². The second-order valence-electron chi connectivity index (χ2n) is 3.85. The lowest BCUT2D eigenvalue weighted by Crippen LogP contribution is -2.43. The second-order valence-corrected chi connectivity index (χ2v) is 5.58. The van der Waals surface area contributed by atoms with Gasteiger partial charge in [0, 0.05) is 10.0 Å². The van der Waals surface area contributed by atoms with Gasteiger partial charge in [-0.3, -0.25) is 4.79 Å². The molecule has 0 aliphatic carbocycles. The highest BCUT2D eigenvalue weighted by atomic mass is 79.9. The zero-order valence-corrected chi connectivity index (χ0v) is 13.0. The molecule has 98 valence electrons. The van der Waals surface area contributed by atoms with Gasteiger partial charge in [0.25, 0.3) is 5.91 Å². The van der Waals surface area contributed by atoms with Crippen LogP contribution in [0.15, 0.2) is 22.7 Å². The summed E-state index contributed by atoms with van der Waals surface area (Å²) >= 11 is 14.1. The lowest BCUT2D eigenvalue weighted by molar-refractivity contribution is 0.0945. The fourth-order valence-corrected chi connectivity index (χ4v) is 2.06. The Bertz CT molecular complexity index is 467. The zero-order valence-electron chi connectivity index (χ0n) is 9.87. The van der Waals surface area contributed by atoms with Crippen molar-refractivity contribution in [3.8, 4) is 0 Å². The smallest absolute Gasteiger partial charge is 0.251 e. The summed E-state index contributed by atoms with van der Waals surface area (Å²) in [6.07, 6.45) is 1.62. The van der Waals surface area contributed by atoms with E-state index in [4.69, 9.17) is 29.6 Å². The van der Waals surface area contributed by atoms with E-state index in [1.807, 2.05) is 6.92 Å². The Labute approximate surface area is 125 Å². The zero-order chi connectivity index (χ0) is 13.7. The monoisotopic (exact) mass is 348 g/mol. The Morgan fingerprint density at radius 1 is 1.61 bits per heavy atom. The Hall–Kier alpha value is -0.650. The summed E-state index contributed by atoms with van der Waals surface area (Å²) in [7, 11) is 0. The van der Waals surface area contributed by atoms with Crippen LogP contribution in [-0.2, 0) is 0 Å². The fraction of sp³-hybridized carbons (Fsp3) is 0.333. The lowest BCUT2D eigenvalue weighted by atomic mass is 10.1. The molecule has 0 spiro atoms. The number of hydrogen-bond donors (Lipinski definition) is 2. The minimum absolute atomic E-state index is 0.226. The molecule has 1 aromatic carbocycles. The molecule has 3 nitrogen and oxygen atoms in total. The molecule has 0 heterocycles. The highest BCUT2D eigenvalue weighted by molar-refractivity contribution is 9.10. The van der Waals surface area contributed by atoms with E-state index in [0.717, 1.165) is 17.3 Å². The standard InChI is InChI=1S/C12H14BrClN2OS/c1-2-3-10(11(15)18)16-12(17)7-4-5-8(13)9(14)6-7/h4-6,10H,2-3H2,1H3,(H2,15,18)(H,16,17). The van der Waals surface area contributed by atoms with Crippen molar-refractivity contribution in [1.82, 2.24) is 5.32 Å². The number of halogens is 2. The minimum atomic E-state index is -0.278. The number of benzene rings is 1. The molecule has 1 atom stereocenters. The summed E-state index contributed by atoms with van der Waals surface area (Å²) in [4.78, 5) is 12.3. The van der Waals surface area contributed by atoms with Crippen LogP contribution in [0.1, 0.15) is 30.1 Å². The van der Waals surface area contributed by atoms with Gasteiger partial charge in [0.2, 0.25) is 0 Å². The number of carbonyl (C=O) groups is 1. The van der Waals surface area contributed by atoms with Gasteiger partial charge in [0.1, 0.15) is 0 Å². The predicted octanol–water partition coefficient (Wildman–Crippen LogP) is 3.29. The maximum Gasteiger partial charge on any atom is 0.251 e. The fourth-order valence-electron chi connectivity index (χ4n) is 1.45. The molecule has 1 rings (SSSR count). The van der Waals surface area contributed by atoms with E-state index in [-0.39, 0.29) is 11.9 Å². The maximum absolute atomic E-state index is 12.0. The largest absolute Gasteiger partial charge is 0.392 e. The van der Waals surface area contributed by atoms with Crippen LogP contribution >= 0.6 is 39.7 Å². The molecule has 0 saturated heterocycles. The third kappa shape index (κ3) is 4.23. The molecule has 0 saturated carbocycles. The van der Waals surface area contributed by atoms with Gasteiger partial charge in [-0.25, -0.2) is 0 Å². The van der Waals surface area contributed by atoms with Crippen molar-refractivity contribution in [2.75, 3.05) is 0 Å². The van der Waals surface area contributed by atoms with E-state index in [1.165, 1.54) is 0 Å². The highest BCUT2D eigenvalue weighted by Gasteiger charge is 2.15. The van der Waals surface area contributed by atoms with Crippen molar-refractivity contribution in [3.63, 3.8) is 0 Å². The van der Waals surface area contributed by atoms with Crippen molar-refractivity contribution in [2.45, 2.75) is 25.8 Å². The third-order valence-electron chi connectivity index (χ3n) is 2.41. The van der Waals surface area contributed by atoms with Gasteiger partial charge in [0.05, 0.1) is 16.1 Å². The summed E-state index contributed by atoms with van der Waals surface area (Å²) in [6.45, 7) is 2.01. The molecule has 0 aliphatic rings. The molecule has 0 radical (unpaired) electrons. The normalized spacial score (nSPS) is 11.9. The first-order chi connectivity index (χ1) is 8.45. The van der Waals surface area contributed by atoms with E-state index in [9.17, 15) is 4.79 Å². The summed E-state index contributed by atoms with van der Waals surface area (Å²) in [5.41, 5.74) is 6.07. The first-order valence-electron chi connectivity index (χ1n) is 5.51. The van der Waals surface area contributed by atoms with E-state index in [1.54, 1.807) is 18.2 Å². The molecule has 1 aromatic rings. The molecule has 0 aromatic heterocycles. The van der Waals surface area contributed by atoms with E-state index in [2.05, 4.69) is 21.2 Å². The molecule has 0 aliphatic heterocycles. The Morgan fingerprint density at radius 3 is 2.78 bits per heavy atom. The summed E-state index contributed by atoms with van der Waals surface area (Å²) in [5, 5.41) is 3.29. The van der Waals surface area contributed by atoms with Gasteiger partial charge in [-0.05, 0) is 40.5 Å². The van der Waals surface area contributed by atoms with Gasteiger partial charge >= 0.3 is 0 Å². The first-order valence-corrected chi connectivity index (χ1v) is 7.08.